The van der Waals surface area contributed by atoms with Crippen LogP contribution >= 0.6 is 11.8 Å². The molecule has 0 aliphatic heterocycles. The van der Waals surface area contributed by atoms with Gasteiger partial charge in [-0.15, -0.1) is 11.8 Å². The van der Waals surface area contributed by atoms with E-state index in [4.69, 9.17) is 0 Å². The van der Waals surface area contributed by atoms with Crippen LogP contribution in [0.5, 0.6) is 0 Å². The lowest BCUT2D eigenvalue weighted by molar-refractivity contribution is 0.717. The monoisotopic (exact) mass is 329 g/mol. The van der Waals surface area contributed by atoms with Crippen LogP contribution in [-0.4, -0.2) is 33.9 Å². The van der Waals surface area contributed by atoms with Gasteiger partial charge in [0.2, 0.25) is 0 Å². The summed E-state index contributed by atoms with van der Waals surface area (Å²) in [5.41, 5.74) is 0. The third kappa shape index (κ3) is 4.28. The fraction of sp³-hybridized carbons (Fsp3) is 0.412. The molecule has 0 unspecified atom stereocenters. The molecule has 1 saturated carbocycles. The maximum atomic E-state index is 4.31. The van der Waals surface area contributed by atoms with E-state index in [1.54, 1.807) is 7.05 Å². The van der Waals surface area contributed by atoms with Crippen molar-refractivity contribution in [3.63, 3.8) is 0 Å². The molecule has 0 saturated heterocycles. The van der Waals surface area contributed by atoms with Crippen molar-refractivity contribution in [1.29, 1.82) is 0 Å². The van der Waals surface area contributed by atoms with Crippen LogP contribution in [-0.2, 0) is 13.6 Å². The first kappa shape index (κ1) is 15.9. The van der Waals surface area contributed by atoms with Crippen LogP contribution in [0, 0.1) is 0 Å². The number of rotatable bonds is 6. The Hall–Kier alpha value is -1.95. The highest BCUT2D eigenvalue weighted by atomic mass is 32.2. The number of imidazole rings is 1. The normalized spacial score (nSPS) is 16.2. The van der Waals surface area contributed by atoms with Gasteiger partial charge in [-0.2, -0.15) is 0 Å². The van der Waals surface area contributed by atoms with E-state index < -0.39 is 0 Å². The summed E-state index contributed by atoms with van der Waals surface area (Å²) in [5.74, 6) is 1.82. The summed E-state index contributed by atoms with van der Waals surface area (Å²) < 4.78 is 2.32. The molecule has 122 valence electrons. The largest absolute Gasteiger partial charge is 0.355 e. The van der Waals surface area contributed by atoms with Crippen molar-refractivity contribution in [3.05, 3.63) is 48.5 Å². The van der Waals surface area contributed by atoms with Gasteiger partial charge in [-0.3, -0.25) is 4.99 Å². The van der Waals surface area contributed by atoms with Crippen molar-refractivity contribution in [2.75, 3.05) is 13.6 Å². The molecule has 23 heavy (non-hydrogen) atoms. The van der Waals surface area contributed by atoms with E-state index in [1.807, 2.05) is 35.8 Å². The van der Waals surface area contributed by atoms with Gasteiger partial charge in [0.05, 0.1) is 6.54 Å². The topological polar surface area (TPSA) is 54.2 Å². The van der Waals surface area contributed by atoms with E-state index >= 15 is 0 Å². The first-order valence-corrected chi connectivity index (χ1v) is 8.67. The predicted octanol–water partition coefficient (Wildman–Crippen LogP) is 2.41. The highest BCUT2D eigenvalue weighted by molar-refractivity contribution is 8.01. The molecule has 1 aromatic heterocycles. The molecule has 1 fully saturated rings. The van der Waals surface area contributed by atoms with Gasteiger partial charge < -0.3 is 15.2 Å². The molecular formula is C17H23N5S. The number of aromatic nitrogens is 2. The molecule has 6 heteroatoms. The zero-order valence-electron chi connectivity index (χ0n) is 13.6. The van der Waals surface area contributed by atoms with Crippen LogP contribution in [0.1, 0.15) is 18.7 Å². The fourth-order valence-electron chi connectivity index (χ4n) is 2.39. The third-order valence-electron chi connectivity index (χ3n) is 4.02. The molecule has 5 nitrogen and oxygen atoms in total. The van der Waals surface area contributed by atoms with Gasteiger partial charge in [0.1, 0.15) is 5.82 Å². The van der Waals surface area contributed by atoms with Crippen LogP contribution < -0.4 is 10.6 Å². The summed E-state index contributed by atoms with van der Waals surface area (Å²) >= 11 is 1.97. The van der Waals surface area contributed by atoms with Crippen molar-refractivity contribution < 1.29 is 0 Å². The minimum atomic E-state index is 0.308. The van der Waals surface area contributed by atoms with Crippen molar-refractivity contribution in [1.82, 2.24) is 20.2 Å². The molecule has 1 aliphatic carbocycles. The van der Waals surface area contributed by atoms with Crippen LogP contribution in [0.4, 0.5) is 0 Å². The summed E-state index contributed by atoms with van der Waals surface area (Å²) in [5, 5.41) is 6.78. The molecule has 0 bridgehead atoms. The minimum absolute atomic E-state index is 0.308. The molecule has 2 N–H and O–H groups in total. The second kappa shape index (κ2) is 7.08. The lowest BCUT2D eigenvalue weighted by atomic mass is 10.4. The van der Waals surface area contributed by atoms with E-state index in [0.29, 0.717) is 11.3 Å². The number of benzene rings is 1. The maximum Gasteiger partial charge on any atom is 0.191 e. The van der Waals surface area contributed by atoms with E-state index in [9.17, 15) is 0 Å². The minimum Gasteiger partial charge on any atom is -0.355 e. The van der Waals surface area contributed by atoms with E-state index in [0.717, 1.165) is 18.3 Å². The van der Waals surface area contributed by atoms with Crippen molar-refractivity contribution in [3.8, 4) is 0 Å². The quantitative estimate of drug-likeness (QED) is 0.631. The molecule has 1 heterocycles. The second-order valence-electron chi connectivity index (χ2n) is 5.83. The van der Waals surface area contributed by atoms with Gasteiger partial charge in [0.15, 0.2) is 5.96 Å². The molecule has 1 aliphatic rings. The van der Waals surface area contributed by atoms with Gasteiger partial charge in [0, 0.05) is 42.7 Å². The first-order valence-electron chi connectivity index (χ1n) is 7.86. The number of guanidine groups is 1. The molecule has 0 radical (unpaired) electrons. The Morgan fingerprint density at radius 1 is 1.30 bits per heavy atom. The van der Waals surface area contributed by atoms with Gasteiger partial charge in [-0.25, -0.2) is 4.98 Å². The second-order valence-corrected chi connectivity index (χ2v) is 7.37. The van der Waals surface area contributed by atoms with Gasteiger partial charge in [-0.05, 0) is 25.0 Å². The molecule has 0 atom stereocenters. The van der Waals surface area contributed by atoms with Crippen LogP contribution in [0.25, 0.3) is 0 Å². The number of aryl methyl sites for hydroxylation is 1. The average molecular weight is 329 g/mol. The number of aliphatic imine (C=N–C) groups is 1. The molecule has 1 aromatic carbocycles. The number of thioether (sulfide) groups is 1. The average Bonchev–Trinajstić information content (AvgIpc) is 3.21. The van der Waals surface area contributed by atoms with E-state index in [2.05, 4.69) is 50.9 Å². The zero-order chi connectivity index (χ0) is 16.1. The Bertz CT molecular complexity index is 661. The number of nitrogens with zero attached hydrogens (tertiary/aromatic N) is 3. The van der Waals surface area contributed by atoms with E-state index in [1.165, 1.54) is 17.7 Å². The Morgan fingerprint density at radius 2 is 2.09 bits per heavy atom. The Morgan fingerprint density at radius 3 is 2.70 bits per heavy atom. The highest BCUT2D eigenvalue weighted by Crippen LogP contribution is 2.51. The Labute approximate surface area is 141 Å². The molecule has 3 rings (SSSR count). The van der Waals surface area contributed by atoms with Gasteiger partial charge in [-0.1, -0.05) is 18.2 Å². The predicted molar refractivity (Wildman–Crippen MR) is 95.7 cm³/mol. The van der Waals surface area contributed by atoms with E-state index in [-0.39, 0.29) is 0 Å². The SMILES string of the molecule is CN=C(NCc1nccn1C)NCC1(Sc2ccccc2)CC1. The highest BCUT2D eigenvalue weighted by Gasteiger charge is 2.43. The summed E-state index contributed by atoms with van der Waals surface area (Å²) in [7, 11) is 3.80. The number of nitrogens with one attached hydrogen (secondary N) is 2. The standard InChI is InChI=1S/C17H23N5S/c1-18-16(20-12-15-19-10-11-22(15)2)21-13-17(8-9-17)23-14-6-4-3-5-7-14/h3-7,10-11H,8-9,12-13H2,1-2H3,(H2,18,20,21). The number of hydrogen-bond acceptors (Lipinski definition) is 3. The van der Waals surface area contributed by atoms with Crippen LogP contribution in [0.2, 0.25) is 0 Å². The van der Waals surface area contributed by atoms with Crippen molar-refractivity contribution in [2.45, 2.75) is 29.0 Å². The van der Waals surface area contributed by atoms with Crippen molar-refractivity contribution in [2.24, 2.45) is 12.0 Å². The smallest absolute Gasteiger partial charge is 0.191 e. The Balaban J connectivity index is 1.49. The molecule has 0 spiro atoms. The molecule has 0 amide bonds. The third-order valence-corrected chi connectivity index (χ3v) is 5.52. The van der Waals surface area contributed by atoms with Crippen LogP contribution in [0.3, 0.4) is 0 Å². The lowest BCUT2D eigenvalue weighted by Gasteiger charge is -2.18. The maximum absolute atomic E-state index is 4.31. The molecular weight excluding hydrogens is 306 g/mol. The van der Waals surface area contributed by atoms with Crippen molar-refractivity contribution >= 4 is 17.7 Å². The summed E-state index contributed by atoms with van der Waals surface area (Å²) in [4.78, 5) is 9.95. The van der Waals surface area contributed by atoms with Crippen LogP contribution in [0.15, 0.2) is 52.6 Å². The number of hydrogen-bond donors (Lipinski definition) is 2. The summed E-state index contributed by atoms with van der Waals surface area (Å²) in [6.07, 6.45) is 6.25. The fourth-order valence-corrected chi connectivity index (χ4v) is 3.63. The van der Waals surface area contributed by atoms with Gasteiger partial charge >= 0.3 is 0 Å². The Kier molecular flexibility index (Phi) is 4.91. The zero-order valence-corrected chi connectivity index (χ0v) is 14.4. The summed E-state index contributed by atoms with van der Waals surface area (Å²) in [6.45, 7) is 1.59. The lowest BCUT2D eigenvalue weighted by Crippen LogP contribution is -2.41. The molecule has 2 aromatic rings. The summed E-state index contributed by atoms with van der Waals surface area (Å²) in [6, 6.07) is 10.6. The first-order chi connectivity index (χ1) is 11.2. The van der Waals surface area contributed by atoms with Gasteiger partial charge in [0.25, 0.3) is 0 Å².